The molecule has 7 rings (SSSR count). The maximum Gasteiger partial charge on any atom is 1.00 e. The summed E-state index contributed by atoms with van der Waals surface area (Å²) in [5.41, 5.74) is 8.36. The first-order valence-corrected chi connectivity index (χ1v) is 32.1. The van der Waals surface area contributed by atoms with Crippen LogP contribution in [0.15, 0.2) is 131 Å². The van der Waals surface area contributed by atoms with Gasteiger partial charge in [0, 0.05) is 72.5 Å². The topological polar surface area (TPSA) is 297 Å². The Labute approximate surface area is 555 Å². The number of nitrogens with two attached hydrogens (primary N) is 1. The minimum atomic E-state index is -4.86. The number of unbranched alkanes of at least 4 members (excludes halogenated alkanes) is 3. The first kappa shape index (κ1) is 72.9. The molecule has 0 saturated carbocycles. The number of aromatic nitrogens is 2. The number of ether oxygens (including phenoxy) is 1. The van der Waals surface area contributed by atoms with Crippen LogP contribution in [-0.4, -0.2) is 92.6 Å². The Morgan fingerprint density at radius 2 is 1.45 bits per heavy atom. The smallest absolute Gasteiger partial charge is 0.748 e. The molecule has 0 aliphatic carbocycles. The normalized spacial score (nSPS) is 15.1. The van der Waals surface area contributed by atoms with Crippen LogP contribution >= 0.6 is 11.6 Å². The molecule has 4 heterocycles. The van der Waals surface area contributed by atoms with Crippen molar-refractivity contribution in [3.8, 4) is 11.6 Å². The molecular formula is C59H65ClF3N7Na2O12S3. The maximum atomic E-state index is 13.4. The van der Waals surface area contributed by atoms with Crippen molar-refractivity contribution in [2.75, 3.05) is 36.0 Å². The van der Waals surface area contributed by atoms with Crippen molar-refractivity contribution in [2.24, 2.45) is 10.7 Å². The van der Waals surface area contributed by atoms with Gasteiger partial charge in [-0.1, -0.05) is 80.8 Å². The summed E-state index contributed by atoms with van der Waals surface area (Å²) >= 11 is 6.57. The Kier molecular flexibility index (Phi) is 25.8. The molecule has 2 aliphatic rings. The van der Waals surface area contributed by atoms with Gasteiger partial charge in [-0.2, -0.15) is 13.2 Å². The number of aliphatic imine (C=N–C) groups is 1. The number of alkyl halides is 3. The zero-order chi connectivity index (χ0) is 62.1. The number of pyridine rings is 2. The number of carbonyl (C=O) groups is 2. The fourth-order valence-electron chi connectivity index (χ4n) is 10.0. The monoisotopic (exact) mass is 1300 g/mol. The molecule has 0 fully saturated rings. The van der Waals surface area contributed by atoms with E-state index < -0.39 is 75.4 Å². The fraction of sp³-hybridized carbons (Fsp3) is 0.373. The predicted molar refractivity (Wildman–Crippen MR) is 312 cm³/mol. The van der Waals surface area contributed by atoms with E-state index in [1.165, 1.54) is 42.5 Å². The molecule has 2 aromatic heterocycles. The average Bonchev–Trinajstić information content (AvgIpc) is 1.99. The summed E-state index contributed by atoms with van der Waals surface area (Å²) in [6.45, 7) is 8.40. The van der Waals surface area contributed by atoms with Gasteiger partial charge in [-0.05, 0) is 139 Å². The average molecular weight is 1300 g/mol. The van der Waals surface area contributed by atoms with Crippen LogP contribution in [0.2, 0.25) is 5.02 Å². The molecule has 0 radical (unpaired) electrons. The number of rotatable bonds is 27. The molecule has 456 valence electrons. The number of nitrogens with zero attached hydrogens (tertiary/aromatic N) is 4. The van der Waals surface area contributed by atoms with Gasteiger partial charge in [0.15, 0.2) is 5.71 Å². The zero-order valence-electron chi connectivity index (χ0n) is 49.1. The molecule has 4 N–H and O–H groups in total. The predicted octanol–water partition coefficient (Wildman–Crippen LogP) is 2.80. The van der Waals surface area contributed by atoms with E-state index in [-0.39, 0.29) is 127 Å². The van der Waals surface area contributed by atoms with Gasteiger partial charge in [-0.3, -0.25) is 9.59 Å². The number of carbonyl (C=O) groups excluding carboxylic acids is 2. The number of halogens is 4. The second-order valence-electron chi connectivity index (χ2n) is 21.6. The van der Waals surface area contributed by atoms with Gasteiger partial charge in [0.1, 0.15) is 27.8 Å². The molecule has 2 amide bonds. The Morgan fingerprint density at radius 1 is 0.782 bits per heavy atom. The van der Waals surface area contributed by atoms with Crippen LogP contribution in [0.5, 0.6) is 11.6 Å². The summed E-state index contributed by atoms with van der Waals surface area (Å²) in [5, 5.41) is 6.18. The van der Waals surface area contributed by atoms with Crippen molar-refractivity contribution in [1.82, 2.24) is 15.6 Å². The molecule has 5 aromatic rings. The summed E-state index contributed by atoms with van der Waals surface area (Å²) < 4.78 is 153. The van der Waals surface area contributed by atoms with Crippen molar-refractivity contribution in [1.29, 1.82) is 0 Å². The van der Waals surface area contributed by atoms with Crippen molar-refractivity contribution < 1.29 is 130 Å². The molecular weight excluding hydrogens is 1230 g/mol. The van der Waals surface area contributed by atoms with E-state index in [0.29, 0.717) is 71.4 Å². The van der Waals surface area contributed by atoms with Gasteiger partial charge < -0.3 is 39.7 Å². The van der Waals surface area contributed by atoms with Crippen LogP contribution in [0.3, 0.4) is 0 Å². The first-order chi connectivity index (χ1) is 39.8. The number of allylic oxidation sites excluding steroid dienone is 6. The molecule has 0 spiro atoms. The van der Waals surface area contributed by atoms with Gasteiger partial charge >= 0.3 is 71.1 Å². The molecule has 0 saturated heterocycles. The molecule has 0 bridgehead atoms. The van der Waals surface area contributed by atoms with E-state index >= 15 is 0 Å². The Bertz CT molecular complexity index is 3830. The summed E-state index contributed by atoms with van der Waals surface area (Å²) in [5.74, 6) is -1.46. The number of hydrogen-bond acceptors (Lipinski definition) is 16. The Balaban J connectivity index is 0.00000690. The minimum absolute atomic E-state index is 0. The van der Waals surface area contributed by atoms with Crippen LogP contribution in [0, 0.1) is 0 Å². The van der Waals surface area contributed by atoms with Crippen LogP contribution in [0.1, 0.15) is 117 Å². The van der Waals surface area contributed by atoms with Crippen molar-refractivity contribution in [3.63, 3.8) is 0 Å². The number of benzene rings is 3. The second kappa shape index (κ2) is 30.8. The van der Waals surface area contributed by atoms with E-state index in [0.717, 1.165) is 35.6 Å². The number of amides is 2. The van der Waals surface area contributed by atoms with Crippen LogP contribution in [-0.2, 0) is 71.7 Å². The van der Waals surface area contributed by atoms with E-state index in [1.807, 2.05) is 76.3 Å². The quantitative estimate of drug-likeness (QED) is 0.0224. The Morgan fingerprint density at radius 3 is 2.11 bits per heavy atom. The van der Waals surface area contributed by atoms with Gasteiger partial charge in [0.25, 0.3) is 5.91 Å². The first-order valence-electron chi connectivity index (χ1n) is 27.2. The fourth-order valence-corrected chi connectivity index (χ4v) is 11.7. The van der Waals surface area contributed by atoms with Crippen molar-refractivity contribution in [2.45, 2.75) is 114 Å². The molecule has 3 aromatic carbocycles. The number of hydrogen-bond donors (Lipinski definition) is 3. The third kappa shape index (κ3) is 20.3. The standard InChI is InChI=1S/C59H67ClF3N7O12S3.2Na/c1-57(2)48-35-44(60)38-69(27-11-29-83(73,74)75)55(48)68-50(57)22-18-41(19-23-52-58(3,4)47-36-46(85(79,80)81)20-21-49(47)70(52)28-12-30-84(76,77)78)42-14-9-13-39(31-42)17-24-53(71)65-25-7-5-6-8-26-66-56(72)43-15-10-16-45(34-43)82-54-33-40(37-64)32-51(67-54)59(61,62)63;;/h9-10,13-16,18-23,31-36,38H,5-8,11-12,17,24-30,37,64H2,1-4H3,(H4-,65,66,71,72,73,74,75,76,77,78,79,80,81);;/q;2*+1/p-2. The summed E-state index contributed by atoms with van der Waals surface area (Å²) in [7, 11) is -13.9. The van der Waals surface area contributed by atoms with Gasteiger partial charge in [0.2, 0.25) is 11.8 Å². The number of nitrogens with one attached hydrogen (secondary N) is 2. The third-order valence-corrected chi connectivity index (χ3v) is 17.1. The van der Waals surface area contributed by atoms with E-state index in [2.05, 4.69) is 15.6 Å². The number of aryl methyl sites for hydroxylation is 2. The molecule has 0 unspecified atom stereocenters. The van der Waals surface area contributed by atoms with Gasteiger partial charge in [-0.25, -0.2) is 34.8 Å². The van der Waals surface area contributed by atoms with E-state index in [1.54, 1.807) is 27.8 Å². The van der Waals surface area contributed by atoms with E-state index in [4.69, 9.17) is 27.1 Å². The number of anilines is 1. The number of fused-ring (bicyclic) bond motifs is 2. The van der Waals surface area contributed by atoms with Crippen LogP contribution in [0.25, 0.3) is 5.57 Å². The molecule has 19 nitrogen and oxygen atoms in total. The molecule has 0 atom stereocenters. The van der Waals surface area contributed by atoms with Crippen LogP contribution < -0.4 is 89.7 Å². The second-order valence-corrected chi connectivity index (χ2v) is 26.5. The van der Waals surface area contributed by atoms with Gasteiger partial charge in [0.05, 0.1) is 47.7 Å². The van der Waals surface area contributed by atoms with Crippen molar-refractivity contribution >= 4 is 76.6 Å². The van der Waals surface area contributed by atoms with E-state index in [9.17, 15) is 61.7 Å². The minimum Gasteiger partial charge on any atom is -0.748 e. The largest absolute Gasteiger partial charge is 1.00 e. The summed E-state index contributed by atoms with van der Waals surface area (Å²) in [4.78, 5) is 36.0. The Hall–Kier alpha value is -4.84. The molecule has 28 heteroatoms. The van der Waals surface area contributed by atoms with Gasteiger partial charge in [-0.15, -0.1) is 0 Å². The summed E-state index contributed by atoms with van der Waals surface area (Å²) in [6, 6.07) is 21.4. The zero-order valence-corrected chi connectivity index (χ0v) is 56.3. The molecule has 87 heavy (non-hydrogen) atoms. The maximum absolute atomic E-state index is 13.4. The van der Waals surface area contributed by atoms with Crippen LogP contribution in [0.4, 0.5) is 24.7 Å². The summed E-state index contributed by atoms with van der Waals surface area (Å²) in [6.07, 6.45) is 7.60. The van der Waals surface area contributed by atoms with Crippen molar-refractivity contribution in [3.05, 3.63) is 165 Å². The third-order valence-electron chi connectivity index (χ3n) is 14.5. The SMILES string of the molecule is CC1(C)C(/C=C/C(=C/C=C2\N(CCCS(=O)(=O)[O-])c3ccc(S(=O)(=O)[O-])cc3C2(C)C)c2cccc(CCC(=O)NCCCCCCNC(=O)c3cccc(Oc4cc(CN)cc(C(F)(F)F)n4)c3)c2)=Nc2c1cc(Cl)c[n+]2CCCS(=O)(=O)[O-].[Na+].[Na+]. The molecule has 2 aliphatic heterocycles.